The van der Waals surface area contributed by atoms with Crippen molar-refractivity contribution in [3.63, 3.8) is 0 Å². The highest BCUT2D eigenvalue weighted by molar-refractivity contribution is 7.82. The van der Waals surface area contributed by atoms with Crippen molar-refractivity contribution in [2.45, 2.75) is 47.9 Å². The van der Waals surface area contributed by atoms with Crippen molar-refractivity contribution in [3.8, 4) is 0 Å². The molecule has 0 aliphatic rings. The maximum atomic E-state index is 4.74. The number of hydrogen-bond acceptors (Lipinski definition) is 6. The van der Waals surface area contributed by atoms with Crippen molar-refractivity contribution >= 4 is 75.8 Å². The minimum atomic E-state index is 0.395. The molecule has 0 aliphatic carbocycles. The Bertz CT molecular complexity index is 175. The van der Waals surface area contributed by atoms with E-state index < -0.39 is 0 Å². The van der Waals surface area contributed by atoms with E-state index in [9.17, 15) is 0 Å². The molecule has 0 amide bonds. The van der Waals surface area contributed by atoms with Crippen LogP contribution < -0.4 is 0 Å². The molecule has 18 heavy (non-hydrogen) atoms. The van der Waals surface area contributed by atoms with Gasteiger partial charge >= 0.3 is 0 Å². The first-order valence-electron chi connectivity index (χ1n) is 6.41. The molecule has 0 nitrogen and oxygen atoms in total. The smallest absolute Gasteiger partial charge is 0.00536 e. The molecule has 3 atom stereocenters. The minimum absolute atomic E-state index is 0.395. The largest absolute Gasteiger partial charge is 0.179 e. The Morgan fingerprint density at radius 1 is 0.611 bits per heavy atom. The summed E-state index contributed by atoms with van der Waals surface area (Å²) in [7, 11) is 0. The van der Waals surface area contributed by atoms with Crippen LogP contribution in [0.5, 0.6) is 0 Å². The predicted octanol–water partition coefficient (Wildman–Crippen LogP) is 4.24. The topological polar surface area (TPSA) is 0 Å². The zero-order chi connectivity index (χ0) is 14.0. The van der Waals surface area contributed by atoms with E-state index in [0.717, 1.165) is 49.4 Å². The minimum Gasteiger partial charge on any atom is -0.179 e. The molecule has 6 heteroatoms. The molecular weight excluding hydrogens is 337 g/mol. The fraction of sp³-hybridized carbons (Fsp3) is 1.00. The first-order chi connectivity index (χ1) is 8.54. The summed E-state index contributed by atoms with van der Waals surface area (Å²) in [5.74, 6) is 3.24. The molecule has 0 rings (SSSR count). The van der Waals surface area contributed by atoms with Gasteiger partial charge in [-0.3, -0.25) is 0 Å². The lowest BCUT2D eigenvalue weighted by atomic mass is 9.91. The van der Waals surface area contributed by atoms with Crippen LogP contribution >= 0.6 is 75.8 Å². The highest BCUT2D eigenvalue weighted by atomic mass is 32.1. The molecule has 3 unspecified atom stereocenters. The molecule has 0 heterocycles. The van der Waals surface area contributed by atoms with E-state index in [1.807, 2.05) is 0 Å². The van der Waals surface area contributed by atoms with Gasteiger partial charge in [-0.25, -0.2) is 0 Å². The average molecular weight is 363 g/mol. The maximum Gasteiger partial charge on any atom is 0.00536 e. The second-order valence-electron chi connectivity index (χ2n) is 4.64. The van der Waals surface area contributed by atoms with Crippen LogP contribution in [-0.2, 0) is 0 Å². The van der Waals surface area contributed by atoms with Crippen LogP contribution in [0.4, 0.5) is 0 Å². The average Bonchev–Trinajstić information content (AvgIpc) is 2.29. The van der Waals surface area contributed by atoms with Crippen LogP contribution in [0, 0.1) is 5.92 Å². The summed E-state index contributed by atoms with van der Waals surface area (Å²) >= 11 is 26.9. The van der Waals surface area contributed by atoms with Crippen LogP contribution in [0.15, 0.2) is 0 Å². The van der Waals surface area contributed by atoms with Gasteiger partial charge in [0, 0.05) is 15.7 Å². The van der Waals surface area contributed by atoms with Crippen molar-refractivity contribution in [3.05, 3.63) is 0 Å². The van der Waals surface area contributed by atoms with Crippen molar-refractivity contribution in [2.24, 2.45) is 5.92 Å². The van der Waals surface area contributed by atoms with Crippen LogP contribution in [-0.4, -0.2) is 33.0 Å². The molecule has 0 aromatic carbocycles. The second-order valence-corrected chi connectivity index (χ2v) is 8.11. The van der Waals surface area contributed by atoms with Gasteiger partial charge in [0.05, 0.1) is 0 Å². The molecular formula is C12H26S6. The Morgan fingerprint density at radius 2 is 1.00 bits per heavy atom. The summed E-state index contributed by atoms with van der Waals surface area (Å²) in [6.07, 6.45) is 5.33. The zero-order valence-electron chi connectivity index (χ0n) is 10.6. The predicted molar refractivity (Wildman–Crippen MR) is 106 cm³/mol. The van der Waals surface area contributed by atoms with Crippen LogP contribution in [0.2, 0.25) is 0 Å². The molecule has 0 saturated carbocycles. The molecule has 0 spiro atoms. The number of thiol groups is 6. The van der Waals surface area contributed by atoms with E-state index in [1.54, 1.807) is 0 Å². The van der Waals surface area contributed by atoms with Gasteiger partial charge in [-0.1, -0.05) is 0 Å². The first kappa shape index (κ1) is 20.1. The fourth-order valence-electron chi connectivity index (χ4n) is 2.01. The third-order valence-corrected chi connectivity index (χ3v) is 5.44. The van der Waals surface area contributed by atoms with Gasteiger partial charge < -0.3 is 0 Å². The van der Waals surface area contributed by atoms with E-state index in [2.05, 4.69) is 63.1 Å². The van der Waals surface area contributed by atoms with E-state index in [0.29, 0.717) is 21.7 Å². The van der Waals surface area contributed by atoms with E-state index in [1.165, 1.54) is 0 Å². The molecule has 0 N–H and O–H groups in total. The number of hydrogen-bond donors (Lipinski definition) is 6. The first-order valence-corrected chi connectivity index (χ1v) is 9.86. The zero-order valence-corrected chi connectivity index (χ0v) is 16.0. The van der Waals surface area contributed by atoms with Crippen molar-refractivity contribution in [1.82, 2.24) is 0 Å². The van der Waals surface area contributed by atoms with Crippen molar-refractivity contribution in [1.29, 1.82) is 0 Å². The van der Waals surface area contributed by atoms with Gasteiger partial charge in [-0.2, -0.15) is 75.8 Å². The lowest BCUT2D eigenvalue weighted by Crippen LogP contribution is -2.23. The van der Waals surface area contributed by atoms with E-state index in [4.69, 9.17) is 12.6 Å². The van der Waals surface area contributed by atoms with Gasteiger partial charge in [0.15, 0.2) is 0 Å². The van der Waals surface area contributed by atoms with Gasteiger partial charge in [0.25, 0.3) is 0 Å². The molecule has 0 aromatic heterocycles. The van der Waals surface area contributed by atoms with Crippen molar-refractivity contribution < 1.29 is 0 Å². The van der Waals surface area contributed by atoms with Crippen LogP contribution in [0.25, 0.3) is 0 Å². The maximum absolute atomic E-state index is 4.74. The van der Waals surface area contributed by atoms with Crippen LogP contribution in [0.3, 0.4) is 0 Å². The summed E-state index contributed by atoms with van der Waals surface area (Å²) < 4.78 is 0. The van der Waals surface area contributed by atoms with Crippen LogP contribution in [0.1, 0.15) is 32.1 Å². The third kappa shape index (κ3) is 9.92. The summed E-state index contributed by atoms with van der Waals surface area (Å²) in [6.45, 7) is 0. The second kappa shape index (κ2) is 12.8. The van der Waals surface area contributed by atoms with Crippen molar-refractivity contribution in [2.75, 3.05) is 17.3 Å². The molecule has 110 valence electrons. The summed E-state index contributed by atoms with van der Waals surface area (Å²) in [5, 5.41) is 1.23. The summed E-state index contributed by atoms with van der Waals surface area (Å²) in [6, 6.07) is 0. The SMILES string of the molecule is SCCC(S)CC(CC(S)CCS)C(S)CCS. The molecule has 0 saturated heterocycles. The van der Waals surface area contributed by atoms with E-state index >= 15 is 0 Å². The Hall–Kier alpha value is 2.10. The number of rotatable bonds is 11. The van der Waals surface area contributed by atoms with Gasteiger partial charge in [0.1, 0.15) is 0 Å². The van der Waals surface area contributed by atoms with Gasteiger partial charge in [-0.05, 0) is 55.3 Å². The lowest BCUT2D eigenvalue weighted by Gasteiger charge is -2.27. The molecule has 0 fully saturated rings. The Labute approximate surface area is 146 Å². The Balaban J connectivity index is 4.31. The van der Waals surface area contributed by atoms with E-state index in [-0.39, 0.29) is 0 Å². The third-order valence-electron chi connectivity index (χ3n) is 3.04. The quantitative estimate of drug-likeness (QED) is 0.291. The monoisotopic (exact) mass is 362 g/mol. The molecule has 0 bridgehead atoms. The Kier molecular flexibility index (Phi) is 14.3. The molecule has 0 aliphatic heterocycles. The molecule has 0 radical (unpaired) electrons. The highest BCUT2D eigenvalue weighted by Crippen LogP contribution is 2.29. The van der Waals surface area contributed by atoms with Gasteiger partial charge in [-0.15, -0.1) is 0 Å². The summed E-state index contributed by atoms with van der Waals surface area (Å²) in [5.41, 5.74) is 0. The highest BCUT2D eigenvalue weighted by Gasteiger charge is 2.22. The fourth-order valence-corrected chi connectivity index (χ4v) is 4.70. The molecule has 0 aromatic rings. The van der Waals surface area contributed by atoms with Gasteiger partial charge in [0.2, 0.25) is 0 Å². The lowest BCUT2D eigenvalue weighted by molar-refractivity contribution is 0.416. The standard InChI is InChI=1S/C12H26S6/c13-4-1-10(16)7-9(12(18)3-6-15)8-11(17)2-5-14/h9-18H,1-8H2. The Morgan fingerprint density at radius 3 is 1.33 bits per heavy atom. The normalized spacial score (nSPS) is 18.3. The summed E-state index contributed by atoms with van der Waals surface area (Å²) in [4.78, 5) is 0.